The highest BCUT2D eigenvalue weighted by atomic mass is 16.4. The number of unbranched alkanes of at least 4 members (excludes halogenated alkanes) is 3. The minimum Gasteiger partial charge on any atom is -0.481 e. The zero-order valence-electron chi connectivity index (χ0n) is 9.42. The largest absolute Gasteiger partial charge is 0.481 e. The van der Waals surface area contributed by atoms with Crippen LogP contribution in [0.5, 0.6) is 0 Å². The van der Waals surface area contributed by atoms with Gasteiger partial charge in [0.15, 0.2) is 0 Å². The van der Waals surface area contributed by atoms with Crippen LogP contribution in [0.1, 0.15) is 46.5 Å². The Labute approximate surface area is 86.7 Å². The van der Waals surface area contributed by atoms with Gasteiger partial charge in [0.1, 0.15) is 0 Å². The molecule has 0 unspecified atom stereocenters. The van der Waals surface area contributed by atoms with Crippen molar-refractivity contribution in [3.63, 3.8) is 0 Å². The van der Waals surface area contributed by atoms with Gasteiger partial charge in [-0.3, -0.25) is 4.79 Å². The number of hydrogen-bond donors (Lipinski definition) is 2. The van der Waals surface area contributed by atoms with Gasteiger partial charge in [0, 0.05) is 13.8 Å². The molecule has 4 heteroatoms. The topological polar surface area (TPSA) is 87.1 Å². The van der Waals surface area contributed by atoms with Crippen molar-refractivity contribution in [1.82, 2.24) is 0 Å². The molecule has 0 aliphatic carbocycles. The van der Waals surface area contributed by atoms with Crippen LogP contribution in [0.3, 0.4) is 0 Å². The van der Waals surface area contributed by atoms with E-state index in [-0.39, 0.29) is 0 Å². The lowest BCUT2D eigenvalue weighted by molar-refractivity contribution is -0.134. The number of carboxylic acid groups (broad SMARTS) is 1. The Morgan fingerprint density at radius 1 is 1.43 bits per heavy atom. The van der Waals surface area contributed by atoms with Crippen molar-refractivity contribution in [2.75, 3.05) is 6.54 Å². The predicted molar refractivity (Wildman–Crippen MR) is 57.8 cm³/mol. The molecule has 0 amide bonds. The van der Waals surface area contributed by atoms with Crippen LogP contribution in [0.25, 0.3) is 0 Å². The lowest BCUT2D eigenvalue weighted by atomic mass is 10.2. The number of rotatable bonds is 4. The van der Waals surface area contributed by atoms with Gasteiger partial charge in [-0.25, -0.2) is 0 Å². The smallest absolute Gasteiger partial charge is 0.300 e. The Kier molecular flexibility index (Phi) is 30.2. The fourth-order valence-corrected chi connectivity index (χ4v) is 0.571. The van der Waals surface area contributed by atoms with Crippen molar-refractivity contribution in [2.24, 2.45) is 5.73 Å². The Balaban J connectivity index is -0.000000147. The third kappa shape index (κ3) is 126. The molecule has 0 aromatic carbocycles. The number of carbonyl (C=O) groups is 1. The van der Waals surface area contributed by atoms with Gasteiger partial charge < -0.3 is 10.8 Å². The SMILES string of the molecule is CC#N.CC(=O)O.CCCCCCN. The summed E-state index contributed by atoms with van der Waals surface area (Å²) >= 11 is 0. The number of hydrogen-bond acceptors (Lipinski definition) is 3. The maximum atomic E-state index is 9.00. The summed E-state index contributed by atoms with van der Waals surface area (Å²) in [6.07, 6.45) is 5.16. The molecule has 0 aliphatic rings. The Bertz CT molecular complexity index is 134. The van der Waals surface area contributed by atoms with Crippen LogP contribution < -0.4 is 5.73 Å². The second kappa shape index (κ2) is 22.7. The van der Waals surface area contributed by atoms with Crippen molar-refractivity contribution in [1.29, 1.82) is 5.26 Å². The third-order valence-corrected chi connectivity index (χ3v) is 1.06. The summed E-state index contributed by atoms with van der Waals surface area (Å²) in [5.74, 6) is -0.833. The predicted octanol–water partition coefficient (Wildman–Crippen LogP) is 2.15. The van der Waals surface area contributed by atoms with Crippen molar-refractivity contribution < 1.29 is 9.90 Å². The fraction of sp³-hybridized carbons (Fsp3) is 0.800. The molecule has 0 fully saturated rings. The molecule has 0 atom stereocenters. The van der Waals surface area contributed by atoms with E-state index >= 15 is 0 Å². The normalized spacial score (nSPS) is 7.07. The van der Waals surface area contributed by atoms with Gasteiger partial charge in [-0.05, 0) is 13.0 Å². The van der Waals surface area contributed by atoms with Gasteiger partial charge in [0.05, 0.1) is 6.07 Å². The molecule has 0 aromatic heterocycles. The Morgan fingerprint density at radius 2 is 1.79 bits per heavy atom. The fourth-order valence-electron chi connectivity index (χ4n) is 0.571. The first-order valence-corrected chi connectivity index (χ1v) is 4.77. The molecule has 0 aromatic rings. The molecular formula is C10H22N2O2. The lowest BCUT2D eigenvalue weighted by Crippen LogP contribution is -1.97. The van der Waals surface area contributed by atoms with Gasteiger partial charge in [-0.15, -0.1) is 0 Å². The molecule has 84 valence electrons. The summed E-state index contributed by atoms with van der Waals surface area (Å²) in [6.45, 7) is 5.58. The van der Waals surface area contributed by atoms with Crippen molar-refractivity contribution >= 4 is 5.97 Å². The van der Waals surface area contributed by atoms with Gasteiger partial charge in [-0.1, -0.05) is 26.2 Å². The summed E-state index contributed by atoms with van der Waals surface area (Å²) in [4.78, 5) is 9.00. The summed E-state index contributed by atoms with van der Waals surface area (Å²) in [5.41, 5.74) is 5.27. The van der Waals surface area contributed by atoms with Crippen LogP contribution in [0.4, 0.5) is 0 Å². The minimum absolute atomic E-state index is 0.833. The number of nitrogens with zero attached hydrogens (tertiary/aromatic N) is 1. The van der Waals surface area contributed by atoms with Gasteiger partial charge >= 0.3 is 0 Å². The molecule has 0 saturated carbocycles. The molecule has 4 nitrogen and oxygen atoms in total. The highest BCUT2D eigenvalue weighted by molar-refractivity contribution is 5.62. The third-order valence-electron chi connectivity index (χ3n) is 1.06. The van der Waals surface area contributed by atoms with E-state index in [0.29, 0.717) is 0 Å². The van der Waals surface area contributed by atoms with Crippen LogP contribution in [0.15, 0.2) is 0 Å². The van der Waals surface area contributed by atoms with Gasteiger partial charge in [-0.2, -0.15) is 5.26 Å². The maximum Gasteiger partial charge on any atom is 0.300 e. The highest BCUT2D eigenvalue weighted by Crippen LogP contribution is 1.95. The van der Waals surface area contributed by atoms with Crippen LogP contribution in [-0.2, 0) is 4.79 Å². The second-order valence-corrected chi connectivity index (χ2v) is 2.59. The molecule has 0 heterocycles. The first-order valence-electron chi connectivity index (χ1n) is 4.77. The van der Waals surface area contributed by atoms with Gasteiger partial charge in [0.2, 0.25) is 0 Å². The van der Waals surface area contributed by atoms with Gasteiger partial charge in [0.25, 0.3) is 5.97 Å². The average Bonchev–Trinajstić information content (AvgIpc) is 2.06. The molecule has 0 saturated heterocycles. The van der Waals surface area contributed by atoms with Crippen LogP contribution >= 0.6 is 0 Å². The second-order valence-electron chi connectivity index (χ2n) is 2.59. The molecule has 0 aliphatic heterocycles. The van der Waals surface area contributed by atoms with E-state index in [4.69, 9.17) is 20.9 Å². The molecule has 0 bridgehead atoms. The van der Waals surface area contributed by atoms with E-state index < -0.39 is 5.97 Å². The van der Waals surface area contributed by atoms with Crippen molar-refractivity contribution in [3.8, 4) is 6.07 Å². The number of nitriles is 1. The maximum absolute atomic E-state index is 9.00. The lowest BCUT2D eigenvalue weighted by Gasteiger charge is -1.90. The standard InChI is InChI=1S/C6H15N.C2H3N.C2H4O2/c1-2-3-4-5-6-7;1-2-3;1-2(3)4/h2-7H2,1H3;1H3;1H3,(H,3,4). The van der Waals surface area contributed by atoms with E-state index in [9.17, 15) is 0 Å². The highest BCUT2D eigenvalue weighted by Gasteiger charge is 1.80. The zero-order chi connectivity index (χ0) is 11.8. The molecule has 0 spiro atoms. The van der Waals surface area contributed by atoms with Crippen LogP contribution in [0.2, 0.25) is 0 Å². The number of nitrogens with two attached hydrogens (primary N) is 1. The first kappa shape index (κ1) is 18.7. The van der Waals surface area contributed by atoms with Crippen molar-refractivity contribution in [2.45, 2.75) is 46.5 Å². The Morgan fingerprint density at radius 3 is 2.00 bits per heavy atom. The Hall–Kier alpha value is -1.08. The number of aliphatic carboxylic acids is 1. The molecule has 0 rings (SSSR count). The first-order chi connectivity index (χ1) is 6.56. The summed E-state index contributed by atoms with van der Waals surface area (Å²) in [6, 6.07) is 1.75. The monoisotopic (exact) mass is 202 g/mol. The molecule has 0 radical (unpaired) electrons. The number of carboxylic acids is 1. The quantitative estimate of drug-likeness (QED) is 0.684. The molecular weight excluding hydrogens is 180 g/mol. The zero-order valence-corrected chi connectivity index (χ0v) is 9.42. The summed E-state index contributed by atoms with van der Waals surface area (Å²) in [7, 11) is 0. The molecule has 3 N–H and O–H groups in total. The van der Waals surface area contributed by atoms with Crippen LogP contribution in [-0.4, -0.2) is 17.6 Å². The van der Waals surface area contributed by atoms with Crippen molar-refractivity contribution in [3.05, 3.63) is 0 Å². The van der Waals surface area contributed by atoms with E-state index in [1.54, 1.807) is 6.07 Å². The minimum atomic E-state index is -0.833. The van der Waals surface area contributed by atoms with E-state index in [1.165, 1.54) is 32.6 Å². The van der Waals surface area contributed by atoms with Crippen LogP contribution in [0, 0.1) is 11.3 Å². The molecule has 14 heavy (non-hydrogen) atoms. The van der Waals surface area contributed by atoms with E-state index in [0.717, 1.165) is 13.5 Å². The van der Waals surface area contributed by atoms with E-state index in [1.807, 2.05) is 0 Å². The average molecular weight is 202 g/mol. The summed E-state index contributed by atoms with van der Waals surface area (Å²) < 4.78 is 0. The van der Waals surface area contributed by atoms with E-state index in [2.05, 4.69) is 6.92 Å². The summed E-state index contributed by atoms with van der Waals surface area (Å²) in [5, 5.41) is 14.7.